The van der Waals surface area contributed by atoms with Gasteiger partial charge in [0.1, 0.15) is 0 Å². The van der Waals surface area contributed by atoms with Crippen LogP contribution >= 0.6 is 0 Å². The highest BCUT2D eigenvalue weighted by molar-refractivity contribution is 5.18. The average Bonchev–Trinajstić information content (AvgIpc) is 2.67. The Bertz CT molecular complexity index is 258. The second-order valence-electron chi connectivity index (χ2n) is 3.42. The van der Waals surface area contributed by atoms with Gasteiger partial charge in [0.2, 0.25) is 0 Å². The van der Waals surface area contributed by atoms with Crippen molar-refractivity contribution in [2.75, 3.05) is 6.61 Å². The fourth-order valence-corrected chi connectivity index (χ4v) is 1.75. The highest BCUT2D eigenvalue weighted by Crippen LogP contribution is 2.31. The topological polar surface area (TPSA) is 29.5 Å². The summed E-state index contributed by atoms with van der Waals surface area (Å²) < 4.78 is 5.65. The van der Waals surface area contributed by atoms with Gasteiger partial charge in [0.15, 0.2) is 0 Å². The van der Waals surface area contributed by atoms with Gasteiger partial charge < -0.3 is 9.84 Å². The summed E-state index contributed by atoms with van der Waals surface area (Å²) in [4.78, 5) is 0. The molecule has 13 heavy (non-hydrogen) atoms. The van der Waals surface area contributed by atoms with E-state index in [-0.39, 0.29) is 18.8 Å². The van der Waals surface area contributed by atoms with E-state index in [1.807, 2.05) is 18.2 Å². The van der Waals surface area contributed by atoms with Crippen LogP contribution < -0.4 is 0 Å². The van der Waals surface area contributed by atoms with Crippen molar-refractivity contribution < 1.29 is 9.84 Å². The number of hydrogen-bond donors (Lipinski definition) is 1. The molecule has 0 aliphatic carbocycles. The Kier molecular flexibility index (Phi) is 2.62. The third-order valence-corrected chi connectivity index (χ3v) is 2.48. The van der Waals surface area contributed by atoms with Crippen LogP contribution in [0, 0.1) is 0 Å². The van der Waals surface area contributed by atoms with Crippen molar-refractivity contribution in [3.8, 4) is 0 Å². The Morgan fingerprint density at radius 1 is 1.23 bits per heavy atom. The van der Waals surface area contributed by atoms with Crippen molar-refractivity contribution in [2.45, 2.75) is 25.0 Å². The van der Waals surface area contributed by atoms with E-state index in [1.165, 1.54) is 5.56 Å². The normalized spacial score (nSPS) is 27.8. The zero-order valence-electron chi connectivity index (χ0n) is 7.52. The molecule has 2 nitrogen and oxygen atoms in total. The van der Waals surface area contributed by atoms with E-state index in [0.717, 1.165) is 12.8 Å². The second-order valence-corrected chi connectivity index (χ2v) is 3.42. The molecule has 0 bridgehead atoms. The number of ether oxygens (including phenoxy) is 1. The summed E-state index contributed by atoms with van der Waals surface area (Å²) in [5.41, 5.74) is 1.22. The average molecular weight is 178 g/mol. The van der Waals surface area contributed by atoms with Crippen LogP contribution in [0.1, 0.15) is 24.5 Å². The second kappa shape index (κ2) is 3.90. The monoisotopic (exact) mass is 178 g/mol. The van der Waals surface area contributed by atoms with Crippen LogP contribution in [-0.4, -0.2) is 17.8 Å². The molecular formula is C11H14O2. The maximum Gasteiger partial charge on any atom is 0.0830 e. The van der Waals surface area contributed by atoms with Crippen molar-refractivity contribution >= 4 is 0 Å². The van der Waals surface area contributed by atoms with Crippen molar-refractivity contribution in [1.29, 1.82) is 0 Å². The fraction of sp³-hybridized carbons (Fsp3) is 0.455. The van der Waals surface area contributed by atoms with Crippen LogP contribution in [-0.2, 0) is 4.74 Å². The molecule has 1 N–H and O–H groups in total. The molecule has 0 aromatic heterocycles. The SMILES string of the molecule is OC[C@@H]1CC[C@@H](c2ccccc2)O1. The molecule has 0 radical (unpaired) electrons. The first kappa shape index (κ1) is 8.73. The van der Waals surface area contributed by atoms with Gasteiger partial charge in [-0.05, 0) is 18.4 Å². The van der Waals surface area contributed by atoms with E-state index < -0.39 is 0 Å². The summed E-state index contributed by atoms with van der Waals surface area (Å²) in [5, 5.41) is 8.91. The van der Waals surface area contributed by atoms with E-state index in [9.17, 15) is 0 Å². The summed E-state index contributed by atoms with van der Waals surface area (Å²) >= 11 is 0. The molecule has 0 amide bonds. The minimum absolute atomic E-state index is 0.0465. The Balaban J connectivity index is 2.04. The molecule has 1 aliphatic heterocycles. The van der Waals surface area contributed by atoms with E-state index in [1.54, 1.807) is 0 Å². The Morgan fingerprint density at radius 3 is 2.62 bits per heavy atom. The summed E-state index contributed by atoms with van der Waals surface area (Å²) in [6.07, 6.45) is 2.23. The van der Waals surface area contributed by atoms with Crippen LogP contribution in [0.3, 0.4) is 0 Å². The van der Waals surface area contributed by atoms with Crippen LogP contribution in [0.2, 0.25) is 0 Å². The van der Waals surface area contributed by atoms with Gasteiger partial charge in [0.05, 0.1) is 18.8 Å². The molecule has 1 aromatic rings. The van der Waals surface area contributed by atoms with Crippen LogP contribution in [0.4, 0.5) is 0 Å². The third-order valence-electron chi connectivity index (χ3n) is 2.48. The van der Waals surface area contributed by atoms with E-state index in [0.29, 0.717) is 0 Å². The predicted octanol–water partition coefficient (Wildman–Crippen LogP) is 1.90. The highest BCUT2D eigenvalue weighted by Gasteiger charge is 2.25. The lowest BCUT2D eigenvalue weighted by atomic mass is 10.1. The highest BCUT2D eigenvalue weighted by atomic mass is 16.5. The third kappa shape index (κ3) is 1.90. The first-order chi connectivity index (χ1) is 6.40. The molecule has 1 saturated heterocycles. The van der Waals surface area contributed by atoms with Gasteiger partial charge in [-0.15, -0.1) is 0 Å². The van der Waals surface area contributed by atoms with Gasteiger partial charge in [-0.1, -0.05) is 30.3 Å². The zero-order chi connectivity index (χ0) is 9.10. The van der Waals surface area contributed by atoms with E-state index in [4.69, 9.17) is 9.84 Å². The molecule has 70 valence electrons. The lowest BCUT2D eigenvalue weighted by Gasteiger charge is -2.11. The number of rotatable bonds is 2. The molecule has 1 heterocycles. The molecular weight excluding hydrogens is 164 g/mol. The van der Waals surface area contributed by atoms with Gasteiger partial charge in [0.25, 0.3) is 0 Å². The maximum absolute atomic E-state index is 8.91. The summed E-state index contributed by atoms with van der Waals surface area (Å²) in [5.74, 6) is 0. The number of aliphatic hydroxyl groups excluding tert-OH is 1. The molecule has 1 fully saturated rings. The lowest BCUT2D eigenvalue weighted by Crippen LogP contribution is -2.10. The summed E-state index contributed by atoms with van der Waals surface area (Å²) in [6, 6.07) is 10.2. The minimum atomic E-state index is 0.0465. The van der Waals surface area contributed by atoms with Crippen LogP contribution in [0.15, 0.2) is 30.3 Å². The molecule has 0 unspecified atom stereocenters. The minimum Gasteiger partial charge on any atom is -0.394 e. The van der Waals surface area contributed by atoms with Crippen molar-refractivity contribution in [3.63, 3.8) is 0 Å². The van der Waals surface area contributed by atoms with Crippen LogP contribution in [0.5, 0.6) is 0 Å². The number of hydrogen-bond acceptors (Lipinski definition) is 2. The molecule has 0 spiro atoms. The van der Waals surface area contributed by atoms with Crippen molar-refractivity contribution in [2.24, 2.45) is 0 Å². The zero-order valence-corrected chi connectivity index (χ0v) is 7.52. The van der Waals surface area contributed by atoms with Gasteiger partial charge in [0, 0.05) is 0 Å². The molecule has 1 aliphatic rings. The van der Waals surface area contributed by atoms with Gasteiger partial charge in [-0.3, -0.25) is 0 Å². The predicted molar refractivity (Wildman–Crippen MR) is 50.4 cm³/mol. The molecule has 0 saturated carbocycles. The molecule has 2 rings (SSSR count). The van der Waals surface area contributed by atoms with E-state index >= 15 is 0 Å². The Hall–Kier alpha value is -0.860. The van der Waals surface area contributed by atoms with Crippen LogP contribution in [0.25, 0.3) is 0 Å². The summed E-state index contributed by atoms with van der Waals surface area (Å²) in [7, 11) is 0. The Labute approximate surface area is 78.2 Å². The smallest absolute Gasteiger partial charge is 0.0830 e. The largest absolute Gasteiger partial charge is 0.394 e. The van der Waals surface area contributed by atoms with Gasteiger partial charge in [-0.25, -0.2) is 0 Å². The number of benzene rings is 1. The summed E-state index contributed by atoms with van der Waals surface area (Å²) in [6.45, 7) is 0.142. The first-order valence-electron chi connectivity index (χ1n) is 4.71. The maximum atomic E-state index is 8.91. The fourth-order valence-electron chi connectivity index (χ4n) is 1.75. The standard InChI is InChI=1S/C11H14O2/c12-8-10-6-7-11(13-10)9-4-2-1-3-5-9/h1-5,10-12H,6-8H2/t10-,11-/m0/s1. The number of aliphatic hydroxyl groups is 1. The first-order valence-corrected chi connectivity index (χ1v) is 4.71. The quantitative estimate of drug-likeness (QED) is 0.749. The van der Waals surface area contributed by atoms with Crippen molar-refractivity contribution in [3.05, 3.63) is 35.9 Å². The molecule has 1 aromatic carbocycles. The molecule has 2 atom stereocenters. The van der Waals surface area contributed by atoms with Gasteiger partial charge in [-0.2, -0.15) is 0 Å². The van der Waals surface area contributed by atoms with Gasteiger partial charge >= 0.3 is 0 Å². The molecule has 2 heteroatoms. The lowest BCUT2D eigenvalue weighted by molar-refractivity contribution is 0.0110. The van der Waals surface area contributed by atoms with E-state index in [2.05, 4.69) is 12.1 Å². The van der Waals surface area contributed by atoms with Crippen molar-refractivity contribution in [1.82, 2.24) is 0 Å². The Morgan fingerprint density at radius 2 is 2.00 bits per heavy atom.